The summed E-state index contributed by atoms with van der Waals surface area (Å²) >= 11 is 0. The summed E-state index contributed by atoms with van der Waals surface area (Å²) in [5.74, 6) is 0.348. The minimum atomic E-state index is -4.58. The van der Waals surface area contributed by atoms with Crippen LogP contribution in [0.3, 0.4) is 0 Å². The van der Waals surface area contributed by atoms with Gasteiger partial charge in [-0.2, -0.15) is 22.7 Å². The van der Waals surface area contributed by atoms with E-state index in [0.717, 1.165) is 17.4 Å². The lowest BCUT2D eigenvalue weighted by atomic mass is 9.78. The van der Waals surface area contributed by atoms with Crippen LogP contribution in [-0.4, -0.2) is 25.6 Å². The van der Waals surface area contributed by atoms with Crippen LogP contribution in [0, 0.1) is 18.8 Å². The quantitative estimate of drug-likeness (QED) is 0.914. The van der Waals surface area contributed by atoms with E-state index in [1.807, 2.05) is 0 Å². The molecule has 0 spiro atoms. The predicted molar refractivity (Wildman–Crippen MR) is 80.1 cm³/mol. The number of hydrogen-bond donors (Lipinski definition) is 1. The van der Waals surface area contributed by atoms with Crippen LogP contribution in [0.1, 0.15) is 44.6 Å². The first-order valence-corrected chi connectivity index (χ1v) is 7.84. The Labute approximate surface area is 132 Å². The van der Waals surface area contributed by atoms with Crippen molar-refractivity contribution in [2.75, 3.05) is 5.32 Å². The van der Waals surface area contributed by atoms with E-state index < -0.39 is 12.0 Å². The Balaban J connectivity index is 1.98. The molecular weight excluding hydrogens is 307 g/mol. The normalized spacial score (nSPS) is 25.7. The lowest BCUT2D eigenvalue weighted by Crippen LogP contribution is -2.35. The van der Waals surface area contributed by atoms with E-state index in [4.69, 9.17) is 0 Å². The van der Waals surface area contributed by atoms with Gasteiger partial charge in [-0.25, -0.2) is 4.98 Å². The van der Waals surface area contributed by atoms with Crippen LogP contribution in [-0.2, 0) is 6.18 Å². The number of hydrogen-bond acceptors (Lipinski definition) is 4. The highest BCUT2D eigenvalue weighted by Gasteiger charge is 2.37. The zero-order chi connectivity index (χ0) is 16.8. The summed E-state index contributed by atoms with van der Waals surface area (Å²) in [4.78, 5) is 7.56. The van der Waals surface area contributed by atoms with Crippen molar-refractivity contribution in [2.24, 2.45) is 11.8 Å². The van der Waals surface area contributed by atoms with Crippen LogP contribution in [0.5, 0.6) is 0 Å². The van der Waals surface area contributed by atoms with Gasteiger partial charge >= 0.3 is 6.18 Å². The van der Waals surface area contributed by atoms with E-state index in [-0.39, 0.29) is 11.8 Å². The summed E-state index contributed by atoms with van der Waals surface area (Å²) in [6.07, 6.45) is -1.28. The molecule has 3 unspecified atom stereocenters. The van der Waals surface area contributed by atoms with Crippen LogP contribution >= 0.6 is 0 Å². The van der Waals surface area contributed by atoms with Crippen LogP contribution in [0.15, 0.2) is 6.07 Å². The van der Waals surface area contributed by atoms with E-state index in [2.05, 4.69) is 34.2 Å². The number of anilines is 1. The van der Waals surface area contributed by atoms with Crippen molar-refractivity contribution in [3.05, 3.63) is 17.6 Å². The molecule has 1 N–H and O–H groups in total. The monoisotopic (exact) mass is 327 g/mol. The summed E-state index contributed by atoms with van der Waals surface area (Å²) in [5.41, 5.74) is 0.609. The summed E-state index contributed by atoms with van der Waals surface area (Å²) in [6, 6.07) is 1.93. The standard InChI is InChI=1S/C15H20F3N5/c1-8-5-4-6-11(10(8)3)20-12-7-9(2)19-14-21-13(15(16,17)18)22-23(12)14/h7-8,10-11,20H,4-6H2,1-3H3. The first-order chi connectivity index (χ1) is 10.8. The lowest BCUT2D eigenvalue weighted by molar-refractivity contribution is -0.144. The molecule has 2 aromatic heterocycles. The molecule has 3 rings (SSSR count). The van der Waals surface area contributed by atoms with E-state index in [1.54, 1.807) is 13.0 Å². The Morgan fingerprint density at radius 3 is 2.65 bits per heavy atom. The van der Waals surface area contributed by atoms with Gasteiger partial charge in [-0.05, 0) is 25.2 Å². The minimum absolute atomic E-state index is 0.0312. The average Bonchev–Trinajstić information content (AvgIpc) is 2.88. The highest BCUT2D eigenvalue weighted by atomic mass is 19.4. The summed E-state index contributed by atoms with van der Waals surface area (Å²) < 4.78 is 39.7. The molecule has 8 heteroatoms. The third-order valence-electron chi connectivity index (χ3n) is 4.73. The molecule has 0 saturated heterocycles. The van der Waals surface area contributed by atoms with Crippen molar-refractivity contribution in [3.63, 3.8) is 0 Å². The molecule has 0 bridgehead atoms. The summed E-state index contributed by atoms with van der Waals surface area (Å²) in [7, 11) is 0. The molecule has 23 heavy (non-hydrogen) atoms. The topological polar surface area (TPSA) is 55.1 Å². The smallest absolute Gasteiger partial charge is 0.367 e. The van der Waals surface area contributed by atoms with Gasteiger partial charge < -0.3 is 5.32 Å². The van der Waals surface area contributed by atoms with Crippen LogP contribution < -0.4 is 5.32 Å². The Kier molecular flexibility index (Phi) is 3.93. The van der Waals surface area contributed by atoms with Crippen molar-refractivity contribution in [1.29, 1.82) is 0 Å². The zero-order valence-electron chi connectivity index (χ0n) is 13.4. The molecule has 3 atom stereocenters. The number of rotatable bonds is 2. The Morgan fingerprint density at radius 2 is 1.96 bits per heavy atom. The second-order valence-electron chi connectivity index (χ2n) is 6.45. The molecule has 1 aliphatic carbocycles. The predicted octanol–water partition coefficient (Wildman–Crippen LogP) is 3.69. The number of halogens is 3. The van der Waals surface area contributed by atoms with Crippen molar-refractivity contribution in [2.45, 2.75) is 52.3 Å². The first-order valence-electron chi connectivity index (χ1n) is 7.84. The summed E-state index contributed by atoms with van der Waals surface area (Å²) in [5, 5.41) is 6.95. The fourth-order valence-electron chi connectivity index (χ4n) is 3.19. The second kappa shape index (κ2) is 5.65. The van der Waals surface area contributed by atoms with Crippen LogP contribution in [0.4, 0.5) is 19.0 Å². The third kappa shape index (κ3) is 3.11. The maximum Gasteiger partial charge on any atom is 0.453 e. The number of aryl methyl sites for hydroxylation is 1. The third-order valence-corrected chi connectivity index (χ3v) is 4.73. The highest BCUT2D eigenvalue weighted by molar-refractivity contribution is 5.46. The van der Waals surface area contributed by atoms with Gasteiger partial charge in [-0.3, -0.25) is 0 Å². The fraction of sp³-hybridized carbons (Fsp3) is 0.667. The van der Waals surface area contributed by atoms with E-state index in [0.29, 0.717) is 23.3 Å². The zero-order valence-corrected chi connectivity index (χ0v) is 13.4. The number of alkyl halides is 3. The van der Waals surface area contributed by atoms with Crippen LogP contribution in [0.25, 0.3) is 5.78 Å². The number of fused-ring (bicyclic) bond motifs is 1. The van der Waals surface area contributed by atoms with Gasteiger partial charge in [-0.15, -0.1) is 5.10 Å². The van der Waals surface area contributed by atoms with Gasteiger partial charge in [-0.1, -0.05) is 26.7 Å². The molecule has 0 aromatic carbocycles. The molecule has 0 aliphatic heterocycles. The average molecular weight is 327 g/mol. The number of aromatic nitrogens is 4. The SMILES string of the molecule is Cc1cc(NC2CCCC(C)C2C)n2nc(C(F)(F)F)nc2n1. The molecule has 1 fully saturated rings. The maximum absolute atomic E-state index is 12.8. The van der Waals surface area contributed by atoms with Gasteiger partial charge in [0.05, 0.1) is 0 Å². The number of nitrogens with zero attached hydrogens (tertiary/aromatic N) is 4. The van der Waals surface area contributed by atoms with Gasteiger partial charge in [0.2, 0.25) is 0 Å². The minimum Gasteiger partial charge on any atom is -0.367 e. The molecule has 2 heterocycles. The van der Waals surface area contributed by atoms with Gasteiger partial charge in [0.25, 0.3) is 11.6 Å². The molecule has 126 valence electrons. The molecular formula is C15H20F3N5. The van der Waals surface area contributed by atoms with Gasteiger partial charge in [0.1, 0.15) is 5.82 Å². The molecule has 1 aliphatic rings. The summed E-state index contributed by atoms with van der Waals surface area (Å²) in [6.45, 7) is 6.12. The Hall–Kier alpha value is -1.86. The lowest BCUT2D eigenvalue weighted by Gasteiger charge is -2.35. The van der Waals surface area contributed by atoms with E-state index in [9.17, 15) is 13.2 Å². The largest absolute Gasteiger partial charge is 0.453 e. The Morgan fingerprint density at radius 1 is 1.22 bits per heavy atom. The molecule has 5 nitrogen and oxygen atoms in total. The number of nitrogens with one attached hydrogen (secondary N) is 1. The van der Waals surface area contributed by atoms with Crippen molar-refractivity contribution in [1.82, 2.24) is 19.6 Å². The second-order valence-corrected chi connectivity index (χ2v) is 6.45. The van der Waals surface area contributed by atoms with Crippen molar-refractivity contribution < 1.29 is 13.2 Å². The molecule has 1 saturated carbocycles. The van der Waals surface area contributed by atoms with Gasteiger partial charge in [0, 0.05) is 17.8 Å². The highest BCUT2D eigenvalue weighted by Crippen LogP contribution is 2.32. The molecule has 2 aromatic rings. The fourth-order valence-corrected chi connectivity index (χ4v) is 3.19. The van der Waals surface area contributed by atoms with Crippen molar-refractivity contribution >= 4 is 11.6 Å². The van der Waals surface area contributed by atoms with Crippen LogP contribution in [0.2, 0.25) is 0 Å². The Bertz CT molecular complexity index is 709. The van der Waals surface area contributed by atoms with Gasteiger partial charge in [0.15, 0.2) is 0 Å². The van der Waals surface area contributed by atoms with E-state index >= 15 is 0 Å². The first kappa shape index (κ1) is 16.0. The van der Waals surface area contributed by atoms with E-state index in [1.165, 1.54) is 6.42 Å². The van der Waals surface area contributed by atoms with Crippen molar-refractivity contribution in [3.8, 4) is 0 Å². The molecule has 0 radical (unpaired) electrons. The molecule has 0 amide bonds. The maximum atomic E-state index is 12.8.